The lowest BCUT2D eigenvalue weighted by molar-refractivity contribution is 0.101. The maximum absolute atomic E-state index is 9.62. The first-order valence-corrected chi connectivity index (χ1v) is 7.17. The number of aryl methyl sites for hydroxylation is 1. The zero-order valence-electron chi connectivity index (χ0n) is 11.0. The van der Waals surface area contributed by atoms with Crippen LogP contribution in [-0.4, -0.2) is 17.8 Å². The number of aliphatic hydroxyl groups excluding tert-OH is 1. The lowest BCUT2D eigenvalue weighted by Gasteiger charge is -2.26. The first kappa shape index (κ1) is 13.9. The Bertz CT molecular complexity index is 394. The Kier molecular flexibility index (Phi) is 5.04. The molecule has 0 aliphatic heterocycles. The molecule has 18 heavy (non-hydrogen) atoms. The van der Waals surface area contributed by atoms with Gasteiger partial charge in [0.05, 0.1) is 6.10 Å². The van der Waals surface area contributed by atoms with Gasteiger partial charge in [-0.15, -0.1) is 0 Å². The Morgan fingerprint density at radius 1 is 1.39 bits per heavy atom. The standard InChI is InChI=1S/C15H22ClNO/c1-11-5-6-13(8-15(11)16)10-17-9-12-3-2-4-14(18)7-12/h5-6,8,12,14,17-18H,2-4,7,9-10H2,1H3. The minimum absolute atomic E-state index is 0.0839. The van der Waals surface area contributed by atoms with Crippen molar-refractivity contribution in [1.82, 2.24) is 5.32 Å². The third-order valence-corrected chi connectivity index (χ3v) is 4.16. The molecule has 100 valence electrons. The molecular formula is C15H22ClNO. The molecule has 0 saturated heterocycles. The van der Waals surface area contributed by atoms with Crippen molar-refractivity contribution in [1.29, 1.82) is 0 Å². The van der Waals surface area contributed by atoms with E-state index in [9.17, 15) is 5.11 Å². The van der Waals surface area contributed by atoms with Crippen molar-refractivity contribution in [3.8, 4) is 0 Å². The smallest absolute Gasteiger partial charge is 0.0543 e. The quantitative estimate of drug-likeness (QED) is 0.877. The summed E-state index contributed by atoms with van der Waals surface area (Å²) in [5.41, 5.74) is 2.35. The van der Waals surface area contributed by atoms with E-state index in [2.05, 4.69) is 17.4 Å². The monoisotopic (exact) mass is 267 g/mol. The van der Waals surface area contributed by atoms with Crippen molar-refractivity contribution in [2.24, 2.45) is 5.92 Å². The molecular weight excluding hydrogens is 246 g/mol. The largest absolute Gasteiger partial charge is 0.393 e. The molecule has 0 heterocycles. The fourth-order valence-electron chi connectivity index (χ4n) is 2.61. The topological polar surface area (TPSA) is 32.3 Å². The highest BCUT2D eigenvalue weighted by Crippen LogP contribution is 2.23. The first-order chi connectivity index (χ1) is 8.65. The predicted octanol–water partition coefficient (Wildman–Crippen LogP) is 3.29. The maximum atomic E-state index is 9.62. The molecule has 1 fully saturated rings. The Hall–Kier alpha value is -0.570. The van der Waals surface area contributed by atoms with Gasteiger partial charge in [-0.2, -0.15) is 0 Å². The van der Waals surface area contributed by atoms with Gasteiger partial charge in [-0.3, -0.25) is 0 Å². The number of nitrogens with one attached hydrogen (secondary N) is 1. The molecule has 0 amide bonds. The summed E-state index contributed by atoms with van der Waals surface area (Å²) >= 11 is 6.10. The molecule has 1 aromatic carbocycles. The van der Waals surface area contributed by atoms with Gasteiger partial charge in [0.2, 0.25) is 0 Å². The highest BCUT2D eigenvalue weighted by molar-refractivity contribution is 6.31. The molecule has 1 saturated carbocycles. The minimum Gasteiger partial charge on any atom is -0.393 e. The van der Waals surface area contributed by atoms with E-state index in [-0.39, 0.29) is 6.10 Å². The zero-order chi connectivity index (χ0) is 13.0. The zero-order valence-corrected chi connectivity index (χ0v) is 11.7. The molecule has 2 nitrogen and oxygen atoms in total. The summed E-state index contributed by atoms with van der Waals surface area (Å²) in [6.07, 6.45) is 4.23. The molecule has 1 aliphatic rings. The van der Waals surface area contributed by atoms with Crippen LogP contribution >= 0.6 is 11.6 Å². The van der Waals surface area contributed by atoms with Crippen molar-refractivity contribution in [2.45, 2.75) is 45.3 Å². The molecule has 2 atom stereocenters. The van der Waals surface area contributed by atoms with Crippen LogP contribution in [0, 0.1) is 12.8 Å². The number of aliphatic hydroxyl groups is 1. The SMILES string of the molecule is Cc1ccc(CNCC2CCCC(O)C2)cc1Cl. The predicted molar refractivity (Wildman–Crippen MR) is 75.9 cm³/mol. The average molecular weight is 268 g/mol. The molecule has 0 aromatic heterocycles. The molecule has 2 unspecified atom stereocenters. The number of halogens is 1. The van der Waals surface area contributed by atoms with Gasteiger partial charge in [-0.25, -0.2) is 0 Å². The maximum Gasteiger partial charge on any atom is 0.0543 e. The van der Waals surface area contributed by atoms with Gasteiger partial charge < -0.3 is 10.4 Å². The minimum atomic E-state index is -0.0839. The van der Waals surface area contributed by atoms with Gasteiger partial charge in [0, 0.05) is 11.6 Å². The third kappa shape index (κ3) is 3.98. The van der Waals surface area contributed by atoms with Crippen LogP contribution in [0.15, 0.2) is 18.2 Å². The van der Waals surface area contributed by atoms with Crippen LogP contribution < -0.4 is 5.32 Å². The molecule has 1 aromatic rings. The van der Waals surface area contributed by atoms with Gasteiger partial charge in [0.25, 0.3) is 0 Å². The Morgan fingerprint density at radius 2 is 2.22 bits per heavy atom. The van der Waals surface area contributed by atoms with Gasteiger partial charge in [0.1, 0.15) is 0 Å². The van der Waals surface area contributed by atoms with Crippen molar-refractivity contribution < 1.29 is 5.11 Å². The summed E-state index contributed by atoms with van der Waals surface area (Å²) in [6, 6.07) is 6.20. The van der Waals surface area contributed by atoms with E-state index in [1.165, 1.54) is 12.0 Å². The average Bonchev–Trinajstić information content (AvgIpc) is 2.34. The molecule has 0 bridgehead atoms. The van der Waals surface area contributed by atoms with E-state index in [0.29, 0.717) is 5.92 Å². The van der Waals surface area contributed by atoms with Crippen LogP contribution in [0.25, 0.3) is 0 Å². The lowest BCUT2D eigenvalue weighted by atomic mass is 9.87. The highest BCUT2D eigenvalue weighted by Gasteiger charge is 2.19. The van der Waals surface area contributed by atoms with Crippen LogP contribution in [0.2, 0.25) is 5.02 Å². The summed E-state index contributed by atoms with van der Waals surface area (Å²) in [7, 11) is 0. The van der Waals surface area contributed by atoms with Crippen LogP contribution in [0.4, 0.5) is 0 Å². The third-order valence-electron chi connectivity index (χ3n) is 3.75. The highest BCUT2D eigenvalue weighted by atomic mass is 35.5. The van der Waals surface area contributed by atoms with E-state index >= 15 is 0 Å². The van der Waals surface area contributed by atoms with Gasteiger partial charge >= 0.3 is 0 Å². The van der Waals surface area contributed by atoms with Crippen molar-refractivity contribution in [3.63, 3.8) is 0 Å². The molecule has 2 rings (SSSR count). The Labute approximate surface area is 114 Å². The van der Waals surface area contributed by atoms with Crippen molar-refractivity contribution in [2.75, 3.05) is 6.54 Å². The summed E-state index contributed by atoms with van der Waals surface area (Å²) in [4.78, 5) is 0. The fraction of sp³-hybridized carbons (Fsp3) is 0.600. The molecule has 1 aliphatic carbocycles. The Balaban J connectivity index is 1.76. The van der Waals surface area contributed by atoms with Crippen LogP contribution in [0.5, 0.6) is 0 Å². The number of hydrogen-bond donors (Lipinski definition) is 2. The van der Waals surface area contributed by atoms with E-state index in [0.717, 1.165) is 42.9 Å². The van der Waals surface area contributed by atoms with Crippen LogP contribution in [0.1, 0.15) is 36.8 Å². The molecule has 0 radical (unpaired) electrons. The van der Waals surface area contributed by atoms with Gasteiger partial charge in [-0.1, -0.05) is 30.2 Å². The summed E-state index contributed by atoms with van der Waals surface area (Å²) in [5, 5.41) is 13.9. The fourth-order valence-corrected chi connectivity index (χ4v) is 2.82. The van der Waals surface area contributed by atoms with Crippen molar-refractivity contribution >= 4 is 11.6 Å². The second kappa shape index (κ2) is 6.55. The summed E-state index contributed by atoms with van der Waals surface area (Å²) in [6.45, 7) is 3.86. The molecule has 0 spiro atoms. The van der Waals surface area contributed by atoms with Gasteiger partial charge in [-0.05, 0) is 55.8 Å². The van der Waals surface area contributed by atoms with E-state index in [4.69, 9.17) is 11.6 Å². The van der Waals surface area contributed by atoms with E-state index in [1.54, 1.807) is 0 Å². The second-order valence-corrected chi connectivity index (χ2v) is 5.81. The molecule has 3 heteroatoms. The summed E-state index contributed by atoms with van der Waals surface area (Å²) in [5.74, 6) is 0.620. The second-order valence-electron chi connectivity index (χ2n) is 5.40. The van der Waals surface area contributed by atoms with Gasteiger partial charge in [0.15, 0.2) is 0 Å². The Morgan fingerprint density at radius 3 is 2.94 bits per heavy atom. The number of rotatable bonds is 4. The number of hydrogen-bond acceptors (Lipinski definition) is 2. The lowest BCUT2D eigenvalue weighted by Crippen LogP contribution is -2.28. The summed E-state index contributed by atoms with van der Waals surface area (Å²) < 4.78 is 0. The first-order valence-electron chi connectivity index (χ1n) is 6.79. The van der Waals surface area contributed by atoms with Crippen LogP contribution in [0.3, 0.4) is 0 Å². The van der Waals surface area contributed by atoms with E-state index in [1.807, 2.05) is 13.0 Å². The van der Waals surface area contributed by atoms with E-state index < -0.39 is 0 Å². The number of benzene rings is 1. The normalized spacial score (nSPS) is 24.2. The van der Waals surface area contributed by atoms with Crippen LogP contribution in [-0.2, 0) is 6.54 Å². The van der Waals surface area contributed by atoms with Crippen molar-refractivity contribution in [3.05, 3.63) is 34.3 Å². The molecule has 2 N–H and O–H groups in total.